The minimum atomic E-state index is -2.07. The number of hydrogen-bond donors (Lipinski definition) is 6. The van der Waals surface area contributed by atoms with Gasteiger partial charge in [-0.05, 0) is 33.8 Å². The summed E-state index contributed by atoms with van der Waals surface area (Å²) in [5.41, 5.74) is -0.693. The SMILES string of the molecule is CO[C@H]1/C=C\O[C@@]2(C)Oc3c(C)c(O)c4c(O)c(c(/C=N/OCCOC(C)C)c(O)c4c3C2=O)NC(=O)/C(C)=C\C=C/[C@H](C)[C@H](O)[C@@H](C)[C@@H](O)[C@@H](C)[C@H](OC(C)=O)[C@@H]1C. The Morgan fingerprint density at radius 3 is 2.27 bits per heavy atom. The summed E-state index contributed by atoms with van der Waals surface area (Å²) in [4.78, 5) is 45.6. The number of phenols is 3. The molecule has 3 heterocycles. The zero-order valence-electron chi connectivity index (χ0n) is 35.4. The zero-order valence-corrected chi connectivity index (χ0v) is 35.4. The van der Waals surface area contributed by atoms with E-state index in [-0.39, 0.29) is 63.8 Å². The van der Waals surface area contributed by atoms with Crippen molar-refractivity contribution in [3.8, 4) is 23.0 Å². The Labute approximate surface area is 344 Å². The molecule has 0 aromatic heterocycles. The average Bonchev–Trinajstić information content (AvgIpc) is 3.45. The quantitative estimate of drug-likeness (QED) is 0.0480. The number of rotatable bonds is 8. The van der Waals surface area contributed by atoms with E-state index in [0.29, 0.717) is 0 Å². The highest BCUT2D eigenvalue weighted by Gasteiger charge is 2.50. The second-order valence-electron chi connectivity index (χ2n) is 15.6. The van der Waals surface area contributed by atoms with Crippen LogP contribution in [0.2, 0.25) is 0 Å². The predicted molar refractivity (Wildman–Crippen MR) is 218 cm³/mol. The number of amides is 1. The molecule has 3 aliphatic heterocycles. The summed E-state index contributed by atoms with van der Waals surface area (Å²) in [7, 11) is 1.42. The maximum atomic E-state index is 14.4. The third-order valence-corrected chi connectivity index (χ3v) is 10.9. The zero-order chi connectivity index (χ0) is 44.1. The number of hydrogen-bond acceptors (Lipinski definition) is 15. The first-order valence-corrected chi connectivity index (χ1v) is 19.5. The van der Waals surface area contributed by atoms with Crippen LogP contribution in [-0.2, 0) is 33.4 Å². The monoisotopic (exact) mass is 826 g/mol. The van der Waals surface area contributed by atoms with Crippen LogP contribution in [0.5, 0.6) is 23.0 Å². The number of ether oxygens (including phenoxy) is 5. The number of nitrogens with zero attached hydrogens (tertiary/aromatic N) is 1. The number of phenolic OH excluding ortho intramolecular Hbond substituents is 3. The topological polar surface area (TPSA) is 232 Å². The molecule has 0 saturated carbocycles. The Kier molecular flexibility index (Phi) is 15.2. The van der Waals surface area contributed by atoms with Crippen molar-refractivity contribution in [3.63, 3.8) is 0 Å². The molecule has 2 aromatic rings. The van der Waals surface area contributed by atoms with Crippen molar-refractivity contribution in [2.45, 2.75) is 106 Å². The van der Waals surface area contributed by atoms with Gasteiger partial charge in [-0.15, -0.1) is 0 Å². The van der Waals surface area contributed by atoms with Crippen molar-refractivity contribution in [2.24, 2.45) is 28.8 Å². The Morgan fingerprint density at radius 2 is 1.64 bits per heavy atom. The Balaban J connectivity index is 1.94. The van der Waals surface area contributed by atoms with E-state index in [1.807, 2.05) is 13.8 Å². The van der Waals surface area contributed by atoms with Crippen molar-refractivity contribution in [3.05, 3.63) is 52.8 Å². The number of anilines is 1. The molecule has 2 aromatic carbocycles. The number of allylic oxidation sites excluding steroid dienone is 2. The normalized spacial score (nSPS) is 30.2. The average molecular weight is 827 g/mol. The van der Waals surface area contributed by atoms with E-state index in [9.17, 15) is 39.9 Å². The number of carbonyl (C=O) groups is 3. The maximum absolute atomic E-state index is 14.4. The number of methoxy groups -OCH3 is 1. The minimum absolute atomic E-state index is 0.0206. The Morgan fingerprint density at radius 1 is 0.966 bits per heavy atom. The highest BCUT2D eigenvalue weighted by Crippen LogP contribution is 2.55. The van der Waals surface area contributed by atoms with Crippen LogP contribution in [0.25, 0.3) is 10.8 Å². The lowest BCUT2D eigenvalue weighted by Crippen LogP contribution is -2.46. The van der Waals surface area contributed by atoms with E-state index in [1.165, 1.54) is 53.2 Å². The number of esters is 1. The second-order valence-corrected chi connectivity index (χ2v) is 15.6. The number of ketones is 1. The number of Topliss-reactive ketones (excluding diaryl/α,β-unsaturated/α-hetero) is 1. The van der Waals surface area contributed by atoms with Crippen molar-refractivity contribution in [2.75, 3.05) is 25.6 Å². The van der Waals surface area contributed by atoms with E-state index < -0.39 is 88.8 Å². The predicted octanol–water partition coefficient (Wildman–Crippen LogP) is 5.53. The van der Waals surface area contributed by atoms with Crippen LogP contribution < -0.4 is 10.1 Å². The van der Waals surface area contributed by atoms with Crippen LogP contribution in [0.4, 0.5) is 5.69 Å². The third kappa shape index (κ3) is 9.84. The maximum Gasteiger partial charge on any atom is 0.312 e. The van der Waals surface area contributed by atoms with Gasteiger partial charge in [0.05, 0.1) is 65.7 Å². The smallest absolute Gasteiger partial charge is 0.312 e. The van der Waals surface area contributed by atoms with E-state index in [4.69, 9.17) is 28.5 Å². The molecule has 0 unspecified atom stereocenters. The summed E-state index contributed by atoms with van der Waals surface area (Å²) in [6, 6.07) is 0. The van der Waals surface area contributed by atoms with Gasteiger partial charge < -0.3 is 59.4 Å². The second kappa shape index (κ2) is 19.3. The first kappa shape index (κ1) is 46.5. The Hall–Kier alpha value is -5.16. The number of aliphatic hydroxyl groups is 2. The largest absolute Gasteiger partial charge is 0.507 e. The van der Waals surface area contributed by atoms with Crippen LogP contribution in [0, 0.1) is 30.6 Å². The van der Waals surface area contributed by atoms with Crippen LogP contribution >= 0.6 is 0 Å². The molecule has 1 amide bonds. The van der Waals surface area contributed by atoms with Gasteiger partial charge in [-0.1, -0.05) is 51.1 Å². The lowest BCUT2D eigenvalue weighted by Gasteiger charge is -2.38. The molecule has 5 bridgehead atoms. The van der Waals surface area contributed by atoms with Crippen molar-refractivity contribution in [1.82, 2.24) is 0 Å². The fraction of sp³-hybridized carbons (Fsp3) is 0.535. The molecule has 0 fully saturated rings. The molecular formula is C43H58N2O14. The summed E-state index contributed by atoms with van der Waals surface area (Å²) in [5.74, 6) is -8.76. The van der Waals surface area contributed by atoms with Gasteiger partial charge in [0.15, 0.2) is 5.75 Å². The molecule has 9 atom stereocenters. The van der Waals surface area contributed by atoms with E-state index in [2.05, 4.69) is 10.5 Å². The standard InChI is InChI=1S/C43H58N2O14/c1-20(2)55-17-18-57-44-19-28-33-38(51)31-30(37(28)50)32-40(26(8)36(31)49)59-43(10,41(32)52)56-16-15-29(54-11)23(5)39(58-27(9)46)25(7)35(48)24(6)34(47)21(3)13-12-14-22(4)42(53)45-33/h12-16,19-21,23-25,29,34-35,39,47-51H,17-18H2,1-11H3,(H,45,53)/b13-12-,16-15-,22-14-,44-19+/t21-,23+,24+,25+,29-,34-,35+,39+,43-/m0/s1. The van der Waals surface area contributed by atoms with Crippen molar-refractivity contribution >= 4 is 40.3 Å². The number of benzene rings is 2. The summed E-state index contributed by atoms with van der Waals surface area (Å²) in [6.07, 6.45) is 4.37. The van der Waals surface area contributed by atoms with Crippen LogP contribution in [0.15, 0.2) is 41.3 Å². The van der Waals surface area contributed by atoms with E-state index in [1.54, 1.807) is 39.8 Å². The number of oxime groups is 1. The number of aliphatic hydroxyl groups excluding tert-OH is 2. The molecule has 59 heavy (non-hydrogen) atoms. The highest BCUT2D eigenvalue weighted by atomic mass is 16.7. The van der Waals surface area contributed by atoms with E-state index in [0.717, 1.165) is 6.21 Å². The molecule has 5 rings (SSSR count). The summed E-state index contributed by atoms with van der Waals surface area (Å²) < 4.78 is 28.9. The molecule has 0 spiro atoms. The molecule has 324 valence electrons. The van der Waals surface area contributed by atoms with Crippen molar-refractivity contribution in [1.29, 1.82) is 0 Å². The summed E-state index contributed by atoms with van der Waals surface area (Å²) in [5, 5.41) is 63.9. The fourth-order valence-electron chi connectivity index (χ4n) is 7.34. The van der Waals surface area contributed by atoms with Crippen LogP contribution in [-0.4, -0.2) is 106 Å². The molecule has 3 aliphatic rings. The molecule has 6 N–H and O–H groups in total. The number of nitrogens with one attached hydrogen (secondary N) is 1. The highest BCUT2D eigenvalue weighted by molar-refractivity contribution is 6.23. The molecule has 16 heteroatoms. The number of carbonyl (C=O) groups excluding carboxylic acids is 3. The molecule has 16 nitrogen and oxygen atoms in total. The van der Waals surface area contributed by atoms with Gasteiger partial charge in [-0.3, -0.25) is 14.4 Å². The molecule has 0 aliphatic carbocycles. The van der Waals surface area contributed by atoms with Crippen molar-refractivity contribution < 1.29 is 68.4 Å². The van der Waals surface area contributed by atoms with E-state index >= 15 is 0 Å². The first-order valence-electron chi connectivity index (χ1n) is 19.5. The van der Waals surface area contributed by atoms with Gasteiger partial charge in [0.25, 0.3) is 11.7 Å². The van der Waals surface area contributed by atoms with Gasteiger partial charge in [-0.25, -0.2) is 0 Å². The summed E-state index contributed by atoms with van der Waals surface area (Å²) in [6.45, 7) is 16.3. The number of fused-ring (bicyclic) bond motifs is 14. The third-order valence-electron chi connectivity index (χ3n) is 10.9. The fourth-order valence-corrected chi connectivity index (χ4v) is 7.34. The van der Waals surface area contributed by atoms with Gasteiger partial charge in [0.1, 0.15) is 30.0 Å². The lowest BCUT2D eigenvalue weighted by molar-refractivity contribution is -0.160. The van der Waals surface area contributed by atoms with Gasteiger partial charge in [0, 0.05) is 61.2 Å². The first-order chi connectivity index (χ1) is 27.7. The number of aromatic hydroxyl groups is 3. The molecule has 0 saturated heterocycles. The minimum Gasteiger partial charge on any atom is -0.507 e. The molecular weight excluding hydrogens is 768 g/mol. The van der Waals surface area contributed by atoms with Crippen LogP contribution in [0.1, 0.15) is 83.8 Å². The lowest BCUT2D eigenvalue weighted by atomic mass is 9.78. The Bertz CT molecular complexity index is 2020. The van der Waals surface area contributed by atoms with Gasteiger partial charge in [0.2, 0.25) is 0 Å². The van der Waals surface area contributed by atoms with Crippen LogP contribution in [0.3, 0.4) is 0 Å². The van der Waals surface area contributed by atoms with Gasteiger partial charge in [-0.2, -0.15) is 0 Å². The van der Waals surface area contributed by atoms with Gasteiger partial charge >= 0.3 is 11.8 Å². The summed E-state index contributed by atoms with van der Waals surface area (Å²) >= 11 is 0. The molecule has 0 radical (unpaired) electrons.